The quantitative estimate of drug-likeness (QED) is 0.839. The second-order valence-electron chi connectivity index (χ2n) is 7.64. The van der Waals surface area contributed by atoms with Crippen LogP contribution in [0.2, 0.25) is 0 Å². The molecule has 0 aromatic heterocycles. The Balaban J connectivity index is 1.35. The van der Waals surface area contributed by atoms with Crippen LogP contribution < -0.4 is 5.32 Å². The van der Waals surface area contributed by atoms with Gasteiger partial charge in [-0.1, -0.05) is 6.07 Å². The van der Waals surface area contributed by atoms with E-state index in [2.05, 4.69) is 17.5 Å². The standard InChI is InChI=1S/C21H27N3O/c22-13-17-6-3-11-24(17)21(25)14-23-10-9-20-18-7-1-4-15(18)12-16-5-2-8-19(16)20/h12,17,23H,1-11,14H2. The summed E-state index contributed by atoms with van der Waals surface area (Å²) in [5.41, 5.74) is 7.97. The number of rotatable bonds is 5. The van der Waals surface area contributed by atoms with Gasteiger partial charge in [0.15, 0.2) is 0 Å². The first-order valence-electron chi connectivity index (χ1n) is 9.83. The van der Waals surface area contributed by atoms with Crippen LogP contribution in [0.5, 0.6) is 0 Å². The molecule has 3 aliphatic rings. The number of benzene rings is 1. The van der Waals surface area contributed by atoms with Crippen LogP contribution in [0.4, 0.5) is 0 Å². The van der Waals surface area contributed by atoms with Gasteiger partial charge in [0.25, 0.3) is 0 Å². The van der Waals surface area contributed by atoms with Crippen LogP contribution in [-0.4, -0.2) is 36.5 Å². The van der Waals surface area contributed by atoms with Crippen molar-refractivity contribution in [2.24, 2.45) is 0 Å². The van der Waals surface area contributed by atoms with E-state index in [1.807, 2.05) is 0 Å². The van der Waals surface area contributed by atoms with Gasteiger partial charge in [-0.05, 0) is 92.1 Å². The monoisotopic (exact) mass is 337 g/mol. The van der Waals surface area contributed by atoms with Gasteiger partial charge in [-0.15, -0.1) is 0 Å². The molecule has 1 fully saturated rings. The molecule has 1 N–H and O–H groups in total. The highest BCUT2D eigenvalue weighted by atomic mass is 16.2. The maximum Gasteiger partial charge on any atom is 0.237 e. The minimum atomic E-state index is -0.213. The molecule has 25 heavy (non-hydrogen) atoms. The van der Waals surface area contributed by atoms with E-state index >= 15 is 0 Å². The van der Waals surface area contributed by atoms with Gasteiger partial charge < -0.3 is 10.2 Å². The predicted octanol–water partition coefficient (Wildman–Crippen LogP) is 2.31. The molecule has 0 radical (unpaired) electrons. The summed E-state index contributed by atoms with van der Waals surface area (Å²) < 4.78 is 0. The molecule has 1 unspecified atom stereocenters. The van der Waals surface area contributed by atoms with Crippen molar-refractivity contribution in [2.75, 3.05) is 19.6 Å². The molecule has 0 spiro atoms. The molecule has 1 saturated heterocycles. The SMILES string of the molecule is N#CC1CCCN1C(=O)CNCCc1c2c(cc3c1CCC3)CCC2. The highest BCUT2D eigenvalue weighted by molar-refractivity contribution is 5.79. The van der Waals surface area contributed by atoms with Crippen molar-refractivity contribution in [1.29, 1.82) is 5.26 Å². The number of likely N-dealkylation sites (tertiary alicyclic amines) is 1. The van der Waals surface area contributed by atoms with Crippen LogP contribution >= 0.6 is 0 Å². The van der Waals surface area contributed by atoms with Gasteiger partial charge in [0.1, 0.15) is 6.04 Å². The summed E-state index contributed by atoms with van der Waals surface area (Å²) in [6.07, 6.45) is 10.3. The lowest BCUT2D eigenvalue weighted by Crippen LogP contribution is -2.41. The fourth-order valence-electron chi connectivity index (χ4n) is 4.95. The van der Waals surface area contributed by atoms with E-state index in [9.17, 15) is 4.79 Å². The summed E-state index contributed by atoms with van der Waals surface area (Å²) in [5.74, 6) is 0.0765. The smallest absolute Gasteiger partial charge is 0.237 e. The Morgan fingerprint density at radius 3 is 2.56 bits per heavy atom. The molecule has 4 rings (SSSR count). The largest absolute Gasteiger partial charge is 0.326 e. The van der Waals surface area contributed by atoms with Crippen LogP contribution in [0.15, 0.2) is 6.07 Å². The van der Waals surface area contributed by atoms with Gasteiger partial charge in [0.2, 0.25) is 5.91 Å². The molecule has 132 valence electrons. The summed E-state index contributed by atoms with van der Waals surface area (Å²) in [6.45, 7) is 1.94. The molecule has 4 nitrogen and oxygen atoms in total. The molecule has 1 aromatic carbocycles. The summed E-state index contributed by atoms with van der Waals surface area (Å²) >= 11 is 0. The number of nitrogens with zero attached hydrogens (tertiary/aromatic N) is 2. The van der Waals surface area contributed by atoms with E-state index in [-0.39, 0.29) is 11.9 Å². The van der Waals surface area contributed by atoms with Gasteiger partial charge in [0.05, 0.1) is 12.6 Å². The number of amides is 1. The molecule has 1 atom stereocenters. The van der Waals surface area contributed by atoms with Crippen LogP contribution in [0, 0.1) is 11.3 Å². The lowest BCUT2D eigenvalue weighted by atomic mass is 9.92. The maximum atomic E-state index is 12.3. The Labute approximate surface area is 150 Å². The normalized spacial score (nSPS) is 21.2. The Kier molecular flexibility index (Phi) is 4.76. The van der Waals surface area contributed by atoms with E-state index in [4.69, 9.17) is 5.26 Å². The fraction of sp³-hybridized carbons (Fsp3) is 0.619. The molecular weight excluding hydrogens is 310 g/mol. The number of carbonyl (C=O) groups excluding carboxylic acids is 1. The van der Waals surface area contributed by atoms with Gasteiger partial charge in [-0.2, -0.15) is 5.26 Å². The molecule has 4 heteroatoms. The van der Waals surface area contributed by atoms with Crippen LogP contribution in [0.25, 0.3) is 0 Å². The number of fused-ring (bicyclic) bond motifs is 2. The summed E-state index contributed by atoms with van der Waals surface area (Å²) in [4.78, 5) is 14.1. The summed E-state index contributed by atoms with van der Waals surface area (Å²) in [6, 6.07) is 4.50. The van der Waals surface area contributed by atoms with Gasteiger partial charge in [0, 0.05) is 6.54 Å². The Morgan fingerprint density at radius 2 is 1.88 bits per heavy atom. The molecule has 0 bridgehead atoms. The second-order valence-corrected chi connectivity index (χ2v) is 7.64. The highest BCUT2D eigenvalue weighted by Crippen LogP contribution is 2.35. The number of aryl methyl sites for hydroxylation is 2. The molecule has 2 aliphatic carbocycles. The van der Waals surface area contributed by atoms with Crippen molar-refractivity contribution >= 4 is 5.91 Å². The van der Waals surface area contributed by atoms with Crippen LogP contribution in [0.3, 0.4) is 0 Å². The van der Waals surface area contributed by atoms with E-state index in [0.717, 1.165) is 32.4 Å². The zero-order valence-corrected chi connectivity index (χ0v) is 14.9. The fourth-order valence-corrected chi connectivity index (χ4v) is 4.95. The Hall–Kier alpha value is -1.86. The number of nitriles is 1. The molecule has 0 saturated carbocycles. The molecule has 1 amide bonds. The van der Waals surface area contributed by atoms with Gasteiger partial charge in [-0.3, -0.25) is 4.79 Å². The minimum absolute atomic E-state index is 0.0765. The van der Waals surface area contributed by atoms with Crippen LogP contribution in [-0.2, 0) is 36.9 Å². The zero-order chi connectivity index (χ0) is 17.2. The van der Waals surface area contributed by atoms with Crippen molar-refractivity contribution in [3.63, 3.8) is 0 Å². The highest BCUT2D eigenvalue weighted by Gasteiger charge is 2.28. The van der Waals surface area contributed by atoms with Crippen molar-refractivity contribution in [3.8, 4) is 6.07 Å². The summed E-state index contributed by atoms with van der Waals surface area (Å²) in [7, 11) is 0. The molecular formula is C21H27N3O. The lowest BCUT2D eigenvalue weighted by Gasteiger charge is -2.20. The lowest BCUT2D eigenvalue weighted by molar-refractivity contribution is -0.130. The van der Waals surface area contributed by atoms with E-state index in [0.29, 0.717) is 6.54 Å². The van der Waals surface area contributed by atoms with E-state index < -0.39 is 0 Å². The first kappa shape index (κ1) is 16.6. The van der Waals surface area contributed by atoms with Crippen molar-refractivity contribution in [1.82, 2.24) is 10.2 Å². The Morgan fingerprint density at radius 1 is 1.16 bits per heavy atom. The third-order valence-corrected chi connectivity index (χ3v) is 6.15. The number of carbonyl (C=O) groups is 1. The topological polar surface area (TPSA) is 56.1 Å². The van der Waals surface area contributed by atoms with Gasteiger partial charge in [-0.25, -0.2) is 0 Å². The molecule has 1 aromatic rings. The van der Waals surface area contributed by atoms with Crippen LogP contribution in [0.1, 0.15) is 53.5 Å². The second kappa shape index (κ2) is 7.17. The first-order chi connectivity index (χ1) is 12.3. The van der Waals surface area contributed by atoms with Crippen molar-refractivity contribution in [2.45, 2.75) is 63.8 Å². The third kappa shape index (κ3) is 3.18. The van der Waals surface area contributed by atoms with Crippen molar-refractivity contribution < 1.29 is 4.79 Å². The van der Waals surface area contributed by atoms with E-state index in [1.165, 1.54) is 38.5 Å². The first-order valence-corrected chi connectivity index (χ1v) is 9.83. The average Bonchev–Trinajstić information content (AvgIpc) is 3.36. The predicted molar refractivity (Wildman–Crippen MR) is 97.4 cm³/mol. The maximum absolute atomic E-state index is 12.3. The number of hydrogen-bond acceptors (Lipinski definition) is 3. The minimum Gasteiger partial charge on any atom is -0.326 e. The number of hydrogen-bond donors (Lipinski definition) is 1. The Bertz CT molecular complexity index is 687. The van der Waals surface area contributed by atoms with Gasteiger partial charge >= 0.3 is 0 Å². The number of nitrogens with one attached hydrogen (secondary N) is 1. The molecule has 1 heterocycles. The molecule has 1 aliphatic heterocycles. The van der Waals surface area contributed by atoms with E-state index in [1.54, 1.807) is 32.7 Å². The third-order valence-electron chi connectivity index (χ3n) is 6.15. The van der Waals surface area contributed by atoms with Crippen molar-refractivity contribution in [3.05, 3.63) is 33.9 Å². The summed E-state index contributed by atoms with van der Waals surface area (Å²) in [5, 5.41) is 12.5. The zero-order valence-electron chi connectivity index (χ0n) is 14.9. The average molecular weight is 337 g/mol.